The quantitative estimate of drug-likeness (QED) is 0.585. The lowest BCUT2D eigenvalue weighted by Gasteiger charge is -2.08. The van der Waals surface area contributed by atoms with Crippen LogP contribution in [0.2, 0.25) is 0 Å². The highest BCUT2D eigenvalue weighted by Gasteiger charge is 2.06. The Kier molecular flexibility index (Phi) is 6.17. The van der Waals surface area contributed by atoms with E-state index in [1.54, 1.807) is 17.0 Å². The van der Waals surface area contributed by atoms with Gasteiger partial charge in [0.05, 0.1) is 22.9 Å². The van der Waals surface area contributed by atoms with E-state index in [9.17, 15) is 9.59 Å². The molecule has 0 bridgehead atoms. The van der Waals surface area contributed by atoms with Crippen LogP contribution in [0.5, 0.6) is 0 Å². The standard InChI is InChI=1S/C20H20BrN3O2/c21-16-9-4-6-11-18(16)23-19(25)12-2-1-7-13-24-14-22-17-10-5-3-8-15(17)20(24)26/h3-6,8-11,14H,1-2,7,12-13H2,(H,23,25). The largest absolute Gasteiger partial charge is 0.325 e. The summed E-state index contributed by atoms with van der Waals surface area (Å²) in [6, 6.07) is 14.9. The number of nitrogens with zero attached hydrogens (tertiary/aromatic N) is 2. The van der Waals surface area contributed by atoms with Gasteiger partial charge in [-0.05, 0) is 53.0 Å². The zero-order valence-corrected chi connectivity index (χ0v) is 15.9. The molecule has 0 radical (unpaired) electrons. The molecular formula is C20H20BrN3O2. The second kappa shape index (κ2) is 8.76. The van der Waals surface area contributed by atoms with Crippen molar-refractivity contribution in [3.05, 3.63) is 69.7 Å². The number of carbonyl (C=O) groups is 1. The summed E-state index contributed by atoms with van der Waals surface area (Å²) in [5.41, 5.74) is 1.49. The highest BCUT2D eigenvalue weighted by Crippen LogP contribution is 2.21. The van der Waals surface area contributed by atoms with Gasteiger partial charge in [-0.15, -0.1) is 0 Å². The first-order valence-electron chi connectivity index (χ1n) is 8.64. The number of para-hydroxylation sites is 2. The molecule has 0 fully saturated rings. The van der Waals surface area contributed by atoms with Gasteiger partial charge in [-0.1, -0.05) is 30.7 Å². The fraction of sp³-hybridized carbons (Fsp3) is 0.250. The predicted molar refractivity (Wildman–Crippen MR) is 107 cm³/mol. The summed E-state index contributed by atoms with van der Waals surface area (Å²) in [5.74, 6) is 0.00133. The van der Waals surface area contributed by atoms with Gasteiger partial charge in [0.15, 0.2) is 0 Å². The molecule has 134 valence electrons. The Labute approximate surface area is 160 Å². The SMILES string of the molecule is O=C(CCCCCn1cnc2ccccc2c1=O)Nc1ccccc1Br. The third kappa shape index (κ3) is 4.58. The molecule has 0 saturated carbocycles. The van der Waals surface area contributed by atoms with Crippen molar-refractivity contribution in [3.63, 3.8) is 0 Å². The number of fused-ring (bicyclic) bond motifs is 1. The van der Waals surface area contributed by atoms with Gasteiger partial charge in [-0.2, -0.15) is 0 Å². The van der Waals surface area contributed by atoms with Gasteiger partial charge < -0.3 is 5.32 Å². The van der Waals surface area contributed by atoms with Crippen molar-refractivity contribution in [3.8, 4) is 0 Å². The molecule has 26 heavy (non-hydrogen) atoms. The van der Waals surface area contributed by atoms with Crippen LogP contribution >= 0.6 is 15.9 Å². The zero-order valence-electron chi connectivity index (χ0n) is 14.3. The van der Waals surface area contributed by atoms with Crippen molar-refractivity contribution >= 4 is 38.4 Å². The van der Waals surface area contributed by atoms with Crippen molar-refractivity contribution in [2.75, 3.05) is 5.32 Å². The number of hydrogen-bond acceptors (Lipinski definition) is 3. The van der Waals surface area contributed by atoms with Gasteiger partial charge in [0, 0.05) is 17.4 Å². The monoisotopic (exact) mass is 413 g/mol. The zero-order chi connectivity index (χ0) is 18.4. The van der Waals surface area contributed by atoms with E-state index in [4.69, 9.17) is 0 Å². The first-order chi connectivity index (χ1) is 12.6. The first-order valence-corrected chi connectivity index (χ1v) is 9.43. The highest BCUT2D eigenvalue weighted by molar-refractivity contribution is 9.10. The van der Waals surface area contributed by atoms with E-state index in [0.717, 1.165) is 34.9 Å². The summed E-state index contributed by atoms with van der Waals surface area (Å²) in [6.07, 6.45) is 4.56. The summed E-state index contributed by atoms with van der Waals surface area (Å²) in [6.45, 7) is 0.614. The Morgan fingerprint density at radius 2 is 1.81 bits per heavy atom. The number of benzene rings is 2. The molecular weight excluding hydrogens is 394 g/mol. The Morgan fingerprint density at radius 1 is 1.04 bits per heavy atom. The minimum Gasteiger partial charge on any atom is -0.325 e. The van der Waals surface area contributed by atoms with Crippen molar-refractivity contribution in [2.24, 2.45) is 0 Å². The van der Waals surface area contributed by atoms with Crippen LogP contribution in [0.15, 0.2) is 64.1 Å². The molecule has 1 heterocycles. The van der Waals surface area contributed by atoms with Gasteiger partial charge in [0.25, 0.3) is 5.56 Å². The van der Waals surface area contributed by atoms with Crippen molar-refractivity contribution in [1.29, 1.82) is 0 Å². The maximum absolute atomic E-state index is 12.4. The van der Waals surface area contributed by atoms with E-state index in [2.05, 4.69) is 26.2 Å². The molecule has 6 heteroatoms. The number of amides is 1. The van der Waals surface area contributed by atoms with Crippen LogP contribution in [0.25, 0.3) is 10.9 Å². The molecule has 0 aliphatic carbocycles. The van der Waals surface area contributed by atoms with Crippen LogP contribution in [0.1, 0.15) is 25.7 Å². The van der Waals surface area contributed by atoms with E-state index in [1.165, 1.54) is 0 Å². The summed E-state index contributed by atoms with van der Waals surface area (Å²) < 4.78 is 2.51. The van der Waals surface area contributed by atoms with E-state index >= 15 is 0 Å². The van der Waals surface area contributed by atoms with Crippen LogP contribution in [-0.4, -0.2) is 15.5 Å². The molecule has 1 amide bonds. The summed E-state index contributed by atoms with van der Waals surface area (Å²) >= 11 is 3.41. The van der Waals surface area contributed by atoms with E-state index < -0.39 is 0 Å². The number of aromatic nitrogens is 2. The van der Waals surface area contributed by atoms with Gasteiger partial charge in [-0.3, -0.25) is 14.2 Å². The summed E-state index contributed by atoms with van der Waals surface area (Å²) in [5, 5.41) is 3.54. The predicted octanol–water partition coefficient (Wildman–Crippen LogP) is 4.36. The number of anilines is 1. The average Bonchev–Trinajstić information content (AvgIpc) is 2.65. The lowest BCUT2D eigenvalue weighted by atomic mass is 10.2. The van der Waals surface area contributed by atoms with Crippen LogP contribution in [0.3, 0.4) is 0 Å². The summed E-state index contributed by atoms with van der Waals surface area (Å²) in [4.78, 5) is 28.7. The lowest BCUT2D eigenvalue weighted by molar-refractivity contribution is -0.116. The minimum atomic E-state index is -0.0118. The molecule has 0 unspecified atom stereocenters. The van der Waals surface area contributed by atoms with Crippen molar-refractivity contribution < 1.29 is 4.79 Å². The van der Waals surface area contributed by atoms with Gasteiger partial charge >= 0.3 is 0 Å². The van der Waals surface area contributed by atoms with Crippen LogP contribution in [-0.2, 0) is 11.3 Å². The second-order valence-corrected chi connectivity index (χ2v) is 6.95. The molecule has 0 aliphatic heterocycles. The van der Waals surface area contributed by atoms with E-state index in [0.29, 0.717) is 18.4 Å². The molecule has 3 rings (SSSR count). The molecule has 0 atom stereocenters. The number of aryl methyl sites for hydroxylation is 1. The van der Waals surface area contributed by atoms with E-state index in [1.807, 2.05) is 42.5 Å². The summed E-state index contributed by atoms with van der Waals surface area (Å²) in [7, 11) is 0. The number of rotatable bonds is 7. The molecule has 0 spiro atoms. The molecule has 0 aliphatic rings. The third-order valence-electron chi connectivity index (χ3n) is 4.18. The molecule has 0 saturated heterocycles. The minimum absolute atomic E-state index is 0.00133. The molecule has 2 aromatic carbocycles. The Balaban J connectivity index is 1.45. The number of halogens is 1. The molecule has 5 nitrogen and oxygen atoms in total. The van der Waals surface area contributed by atoms with Crippen LogP contribution in [0, 0.1) is 0 Å². The number of nitrogens with one attached hydrogen (secondary N) is 1. The van der Waals surface area contributed by atoms with Crippen LogP contribution in [0.4, 0.5) is 5.69 Å². The number of carbonyl (C=O) groups excluding carboxylic acids is 1. The van der Waals surface area contributed by atoms with Gasteiger partial charge in [0.2, 0.25) is 5.91 Å². The molecule has 1 N–H and O–H groups in total. The number of hydrogen-bond donors (Lipinski definition) is 1. The highest BCUT2D eigenvalue weighted by atomic mass is 79.9. The average molecular weight is 414 g/mol. The van der Waals surface area contributed by atoms with Crippen molar-refractivity contribution in [1.82, 2.24) is 9.55 Å². The number of unbranched alkanes of at least 4 members (excludes halogenated alkanes) is 2. The fourth-order valence-electron chi connectivity index (χ4n) is 2.79. The fourth-order valence-corrected chi connectivity index (χ4v) is 3.17. The topological polar surface area (TPSA) is 64.0 Å². The molecule has 3 aromatic rings. The normalized spacial score (nSPS) is 10.8. The van der Waals surface area contributed by atoms with Crippen molar-refractivity contribution in [2.45, 2.75) is 32.2 Å². The van der Waals surface area contributed by atoms with Gasteiger partial charge in [0.1, 0.15) is 0 Å². The third-order valence-corrected chi connectivity index (χ3v) is 4.87. The maximum atomic E-state index is 12.4. The van der Waals surface area contributed by atoms with E-state index in [-0.39, 0.29) is 11.5 Å². The Hall–Kier alpha value is -2.47. The first kappa shape index (κ1) is 18.3. The molecule has 1 aromatic heterocycles. The smallest absolute Gasteiger partial charge is 0.261 e. The van der Waals surface area contributed by atoms with Crippen LogP contribution < -0.4 is 10.9 Å². The lowest BCUT2D eigenvalue weighted by Crippen LogP contribution is -2.20. The Bertz CT molecular complexity index is 968. The van der Waals surface area contributed by atoms with Gasteiger partial charge in [-0.25, -0.2) is 4.98 Å². The second-order valence-electron chi connectivity index (χ2n) is 6.10. The Morgan fingerprint density at radius 3 is 2.65 bits per heavy atom. The maximum Gasteiger partial charge on any atom is 0.261 e.